The third-order valence-electron chi connectivity index (χ3n) is 3.14. The second kappa shape index (κ2) is 4.72. The molecule has 1 unspecified atom stereocenters. The highest BCUT2D eigenvalue weighted by molar-refractivity contribution is 9.10. The standard InChI is InChI=1S/C12H18BrN3/c1-8-12(13)11(16(2)15-8)7-9-4-3-5-10(14)6-9/h6,10H,3-5,7,14H2,1-2H3. The molecule has 88 valence electrons. The van der Waals surface area contributed by atoms with Crippen LogP contribution < -0.4 is 5.73 Å². The number of rotatable bonds is 2. The van der Waals surface area contributed by atoms with Gasteiger partial charge in [-0.2, -0.15) is 5.10 Å². The number of nitrogens with zero attached hydrogens (tertiary/aromatic N) is 2. The highest BCUT2D eigenvalue weighted by atomic mass is 79.9. The van der Waals surface area contributed by atoms with Gasteiger partial charge in [-0.1, -0.05) is 11.6 Å². The molecule has 0 aromatic carbocycles. The molecule has 1 heterocycles. The monoisotopic (exact) mass is 283 g/mol. The molecule has 1 aromatic rings. The van der Waals surface area contributed by atoms with Crippen LogP contribution in [0.1, 0.15) is 30.7 Å². The molecule has 0 saturated heterocycles. The van der Waals surface area contributed by atoms with Gasteiger partial charge in [-0.05, 0) is 42.1 Å². The first-order valence-corrected chi connectivity index (χ1v) is 6.50. The fourth-order valence-corrected chi connectivity index (χ4v) is 2.74. The maximum atomic E-state index is 5.95. The van der Waals surface area contributed by atoms with E-state index in [0.717, 1.165) is 23.0 Å². The topological polar surface area (TPSA) is 43.8 Å². The van der Waals surface area contributed by atoms with Gasteiger partial charge >= 0.3 is 0 Å². The largest absolute Gasteiger partial charge is 0.324 e. The molecule has 0 bridgehead atoms. The maximum absolute atomic E-state index is 5.95. The van der Waals surface area contributed by atoms with E-state index in [1.54, 1.807) is 0 Å². The molecule has 0 radical (unpaired) electrons. The molecule has 0 saturated carbocycles. The summed E-state index contributed by atoms with van der Waals surface area (Å²) in [6.45, 7) is 2.02. The number of aryl methyl sites for hydroxylation is 2. The molecule has 1 atom stereocenters. The zero-order chi connectivity index (χ0) is 11.7. The minimum absolute atomic E-state index is 0.247. The zero-order valence-electron chi connectivity index (χ0n) is 9.83. The molecule has 3 nitrogen and oxygen atoms in total. The molecular formula is C12H18BrN3. The van der Waals surface area contributed by atoms with Gasteiger partial charge in [0.25, 0.3) is 0 Å². The van der Waals surface area contributed by atoms with Gasteiger partial charge in [-0.25, -0.2) is 0 Å². The third kappa shape index (κ3) is 2.38. The fraction of sp³-hybridized carbons (Fsp3) is 0.583. The lowest BCUT2D eigenvalue weighted by Gasteiger charge is -2.17. The second-order valence-corrected chi connectivity index (χ2v) is 5.32. The summed E-state index contributed by atoms with van der Waals surface area (Å²) >= 11 is 3.60. The molecule has 1 aromatic heterocycles. The van der Waals surface area contributed by atoms with Crippen LogP contribution >= 0.6 is 15.9 Å². The van der Waals surface area contributed by atoms with Crippen LogP contribution in [0.25, 0.3) is 0 Å². The second-order valence-electron chi connectivity index (χ2n) is 4.53. The summed E-state index contributed by atoms with van der Waals surface area (Å²) in [4.78, 5) is 0. The molecule has 2 N–H and O–H groups in total. The number of allylic oxidation sites excluding steroid dienone is 1. The van der Waals surface area contributed by atoms with Crippen LogP contribution in [0.3, 0.4) is 0 Å². The zero-order valence-corrected chi connectivity index (χ0v) is 11.4. The van der Waals surface area contributed by atoms with Crippen LogP contribution in [0, 0.1) is 6.92 Å². The Morgan fingerprint density at radius 1 is 1.62 bits per heavy atom. The molecule has 1 aliphatic carbocycles. The summed E-state index contributed by atoms with van der Waals surface area (Å²) in [5.41, 5.74) is 9.70. The van der Waals surface area contributed by atoms with Crippen LogP contribution in [-0.2, 0) is 13.5 Å². The average Bonchev–Trinajstić information content (AvgIpc) is 2.45. The van der Waals surface area contributed by atoms with E-state index in [9.17, 15) is 0 Å². The van der Waals surface area contributed by atoms with E-state index in [1.807, 2.05) is 18.7 Å². The van der Waals surface area contributed by atoms with E-state index in [4.69, 9.17) is 5.73 Å². The Labute approximate surface area is 105 Å². The lowest BCUT2D eigenvalue weighted by molar-refractivity contribution is 0.609. The van der Waals surface area contributed by atoms with E-state index in [-0.39, 0.29) is 6.04 Å². The molecule has 0 fully saturated rings. The van der Waals surface area contributed by atoms with Crippen LogP contribution in [0.5, 0.6) is 0 Å². The Kier molecular flexibility index (Phi) is 3.50. The highest BCUT2D eigenvalue weighted by Crippen LogP contribution is 2.26. The lowest BCUT2D eigenvalue weighted by Crippen LogP contribution is -2.21. The fourth-order valence-electron chi connectivity index (χ4n) is 2.27. The Hall–Kier alpha value is -0.610. The molecular weight excluding hydrogens is 266 g/mol. The van der Waals surface area contributed by atoms with Crippen molar-refractivity contribution >= 4 is 15.9 Å². The van der Waals surface area contributed by atoms with Crippen molar-refractivity contribution in [3.63, 3.8) is 0 Å². The maximum Gasteiger partial charge on any atom is 0.0738 e. The summed E-state index contributed by atoms with van der Waals surface area (Å²) in [6.07, 6.45) is 6.69. The van der Waals surface area contributed by atoms with Crippen LogP contribution in [0.15, 0.2) is 16.1 Å². The smallest absolute Gasteiger partial charge is 0.0738 e. The Morgan fingerprint density at radius 2 is 2.38 bits per heavy atom. The molecule has 0 aliphatic heterocycles. The molecule has 0 spiro atoms. The van der Waals surface area contributed by atoms with E-state index in [0.29, 0.717) is 0 Å². The predicted molar refractivity (Wildman–Crippen MR) is 69.3 cm³/mol. The van der Waals surface area contributed by atoms with Gasteiger partial charge in [0, 0.05) is 19.5 Å². The number of hydrogen-bond acceptors (Lipinski definition) is 2. The van der Waals surface area contributed by atoms with E-state index in [1.165, 1.54) is 24.1 Å². The van der Waals surface area contributed by atoms with E-state index >= 15 is 0 Å². The first kappa shape index (κ1) is 11.9. The number of nitrogens with two attached hydrogens (primary N) is 1. The van der Waals surface area contributed by atoms with Crippen molar-refractivity contribution in [2.24, 2.45) is 12.8 Å². The van der Waals surface area contributed by atoms with E-state index in [2.05, 4.69) is 27.1 Å². The van der Waals surface area contributed by atoms with Gasteiger partial charge in [0.05, 0.1) is 15.9 Å². The first-order valence-electron chi connectivity index (χ1n) is 5.71. The summed E-state index contributed by atoms with van der Waals surface area (Å²) in [5, 5.41) is 4.41. The van der Waals surface area contributed by atoms with Crippen LogP contribution in [-0.4, -0.2) is 15.8 Å². The van der Waals surface area contributed by atoms with Crippen molar-refractivity contribution in [1.29, 1.82) is 0 Å². The number of hydrogen-bond donors (Lipinski definition) is 1. The lowest BCUT2D eigenvalue weighted by atomic mass is 9.93. The van der Waals surface area contributed by atoms with Gasteiger partial charge in [-0.15, -0.1) is 0 Å². The van der Waals surface area contributed by atoms with Gasteiger partial charge in [-0.3, -0.25) is 4.68 Å². The van der Waals surface area contributed by atoms with Crippen LogP contribution in [0.2, 0.25) is 0 Å². The normalized spacial score (nSPS) is 21.0. The quantitative estimate of drug-likeness (QED) is 0.848. The predicted octanol–water partition coefficient (Wildman–Crippen LogP) is 2.47. The molecule has 2 rings (SSSR count). The summed E-state index contributed by atoms with van der Waals surface area (Å²) in [7, 11) is 2.00. The summed E-state index contributed by atoms with van der Waals surface area (Å²) in [5.74, 6) is 0. The first-order chi connectivity index (χ1) is 7.58. The van der Waals surface area contributed by atoms with E-state index < -0.39 is 0 Å². The van der Waals surface area contributed by atoms with Gasteiger partial charge < -0.3 is 5.73 Å². The van der Waals surface area contributed by atoms with Crippen molar-refractivity contribution in [3.05, 3.63) is 27.5 Å². The van der Waals surface area contributed by atoms with Crippen LogP contribution in [0.4, 0.5) is 0 Å². The van der Waals surface area contributed by atoms with Gasteiger partial charge in [0.15, 0.2) is 0 Å². The molecule has 4 heteroatoms. The number of halogens is 1. The minimum Gasteiger partial charge on any atom is -0.324 e. The Morgan fingerprint density at radius 3 is 2.94 bits per heavy atom. The molecule has 1 aliphatic rings. The van der Waals surface area contributed by atoms with Crippen molar-refractivity contribution in [3.8, 4) is 0 Å². The van der Waals surface area contributed by atoms with Gasteiger partial charge in [0.1, 0.15) is 0 Å². The van der Waals surface area contributed by atoms with Gasteiger partial charge in [0.2, 0.25) is 0 Å². The summed E-state index contributed by atoms with van der Waals surface area (Å²) in [6, 6.07) is 0.247. The molecule has 0 amide bonds. The minimum atomic E-state index is 0.247. The highest BCUT2D eigenvalue weighted by Gasteiger charge is 2.15. The summed E-state index contributed by atoms with van der Waals surface area (Å²) < 4.78 is 3.09. The molecule has 16 heavy (non-hydrogen) atoms. The van der Waals surface area contributed by atoms with Crippen molar-refractivity contribution < 1.29 is 0 Å². The van der Waals surface area contributed by atoms with Crippen molar-refractivity contribution in [2.45, 2.75) is 38.6 Å². The SMILES string of the molecule is Cc1nn(C)c(CC2=CC(N)CCC2)c1Br. The number of aromatic nitrogens is 2. The Balaban J connectivity index is 2.20. The third-order valence-corrected chi connectivity index (χ3v) is 4.17. The van der Waals surface area contributed by atoms with Crippen molar-refractivity contribution in [1.82, 2.24) is 9.78 Å². The van der Waals surface area contributed by atoms with Crippen molar-refractivity contribution in [2.75, 3.05) is 0 Å². The average molecular weight is 284 g/mol. The Bertz CT molecular complexity index is 420.